The summed E-state index contributed by atoms with van der Waals surface area (Å²) in [5.41, 5.74) is 17.2. The quantitative estimate of drug-likeness (QED) is 0.167. The Morgan fingerprint density at radius 3 is 1.69 bits per heavy atom. The Balaban J connectivity index is 1.10. The third kappa shape index (κ3) is 7.47. The van der Waals surface area contributed by atoms with Gasteiger partial charge in [0.1, 0.15) is 18.2 Å². The van der Waals surface area contributed by atoms with E-state index >= 15 is 0 Å². The molecule has 0 bridgehead atoms. The van der Waals surface area contributed by atoms with Crippen molar-refractivity contribution >= 4 is 44.6 Å². The molecule has 0 aliphatic carbocycles. The molecule has 0 amide bonds. The number of rotatable bonds is 6. The van der Waals surface area contributed by atoms with Gasteiger partial charge in [0, 0.05) is 40.0 Å². The summed E-state index contributed by atoms with van der Waals surface area (Å²) < 4.78 is 9.34. The normalized spacial score (nSPS) is 13.4. The maximum atomic E-state index is 6.95. The summed E-state index contributed by atoms with van der Waals surface area (Å²) in [5.74, 6) is 1.63. The van der Waals surface area contributed by atoms with Gasteiger partial charge in [-0.25, -0.2) is 0 Å². The van der Waals surface area contributed by atoms with Gasteiger partial charge in [-0.15, -0.1) is 0 Å². The molecule has 2 heterocycles. The molecule has 0 fully saturated rings. The number of ether oxygens (including phenoxy) is 1. The van der Waals surface area contributed by atoms with Crippen LogP contribution in [0, 0.1) is 13.8 Å². The number of fused-ring (bicyclic) bond motifs is 4. The van der Waals surface area contributed by atoms with Crippen LogP contribution in [-0.4, -0.2) is 11.2 Å². The Morgan fingerprint density at radius 2 is 1.00 bits per heavy atom. The minimum Gasteiger partial charge on any atom is -0.457 e. The van der Waals surface area contributed by atoms with E-state index in [1.165, 1.54) is 72.3 Å². The standard InChI is InChI=1S/C57H59N3O/c1-37-28-41(56(6,7)8)29-38(2)54(37)39-18-16-20-43(30-39)58-36-59(52-25-15-14-24-51(52)58)45-32-42(57(9,10)11)33-47(34-45)61-46-26-27-49-48-22-12-13-23-50(48)60(53(49)35-46)44-21-17-19-40(31-44)55(3,4)5/h12-35H,36H2,1-11H3. The number of hydrogen-bond donors (Lipinski definition) is 0. The van der Waals surface area contributed by atoms with Crippen LogP contribution in [0.2, 0.25) is 0 Å². The van der Waals surface area contributed by atoms with E-state index < -0.39 is 0 Å². The highest BCUT2D eigenvalue weighted by Gasteiger charge is 2.30. The monoisotopic (exact) mass is 801 g/mol. The average molecular weight is 802 g/mol. The van der Waals surface area contributed by atoms with Gasteiger partial charge in [0.15, 0.2) is 0 Å². The first-order valence-corrected chi connectivity index (χ1v) is 21.8. The van der Waals surface area contributed by atoms with E-state index in [0.717, 1.165) is 28.4 Å². The Labute approximate surface area is 363 Å². The molecule has 8 aromatic rings. The van der Waals surface area contributed by atoms with Gasteiger partial charge in [0.2, 0.25) is 0 Å². The number of benzene rings is 7. The van der Waals surface area contributed by atoms with E-state index in [1.807, 2.05) is 0 Å². The number of hydrogen-bond acceptors (Lipinski definition) is 3. The molecule has 308 valence electrons. The first kappa shape index (κ1) is 40.2. The summed E-state index contributed by atoms with van der Waals surface area (Å²) in [6.07, 6.45) is 0. The van der Waals surface area contributed by atoms with E-state index in [0.29, 0.717) is 6.67 Å². The summed E-state index contributed by atoms with van der Waals surface area (Å²) in [4.78, 5) is 4.88. The maximum absolute atomic E-state index is 6.95. The zero-order valence-electron chi connectivity index (χ0n) is 37.8. The highest BCUT2D eigenvalue weighted by atomic mass is 16.5. The highest BCUT2D eigenvalue weighted by molar-refractivity contribution is 6.09. The molecule has 0 radical (unpaired) electrons. The second kappa shape index (κ2) is 14.7. The zero-order chi connectivity index (χ0) is 43.0. The molecule has 61 heavy (non-hydrogen) atoms. The predicted octanol–water partition coefficient (Wildman–Crippen LogP) is 16.0. The maximum Gasteiger partial charge on any atom is 0.129 e. The van der Waals surface area contributed by atoms with Gasteiger partial charge in [0.25, 0.3) is 0 Å². The number of nitrogens with zero attached hydrogens (tertiary/aromatic N) is 3. The number of para-hydroxylation sites is 3. The largest absolute Gasteiger partial charge is 0.457 e. The van der Waals surface area contributed by atoms with Gasteiger partial charge in [-0.2, -0.15) is 0 Å². The third-order valence-electron chi connectivity index (χ3n) is 12.5. The summed E-state index contributed by atoms with van der Waals surface area (Å²) in [6.45, 7) is 25.7. The lowest BCUT2D eigenvalue weighted by Crippen LogP contribution is -2.24. The summed E-state index contributed by atoms with van der Waals surface area (Å²) in [6, 6.07) is 53.6. The van der Waals surface area contributed by atoms with Crippen LogP contribution in [0.4, 0.5) is 22.7 Å². The van der Waals surface area contributed by atoms with Gasteiger partial charge >= 0.3 is 0 Å². The molecule has 0 spiro atoms. The van der Waals surface area contributed by atoms with Crippen molar-refractivity contribution in [3.63, 3.8) is 0 Å². The van der Waals surface area contributed by atoms with Crippen LogP contribution < -0.4 is 14.5 Å². The molecular formula is C57H59N3O. The van der Waals surface area contributed by atoms with Crippen LogP contribution in [0.3, 0.4) is 0 Å². The molecule has 1 aliphatic heterocycles. The SMILES string of the molecule is Cc1cc(C(C)(C)C)cc(C)c1-c1cccc(N2CN(c3cc(Oc4ccc5c6ccccc6n(-c6cccc(C(C)(C)C)c6)c5c4)cc(C(C)(C)C)c3)c3ccccc32)c1. The fourth-order valence-corrected chi connectivity index (χ4v) is 9.11. The van der Waals surface area contributed by atoms with Crippen LogP contribution in [0.5, 0.6) is 11.5 Å². The second-order valence-corrected chi connectivity index (χ2v) is 20.2. The van der Waals surface area contributed by atoms with Crippen LogP contribution in [0.1, 0.15) is 90.1 Å². The Hall–Kier alpha value is -6.26. The molecule has 0 unspecified atom stereocenters. The van der Waals surface area contributed by atoms with E-state index in [9.17, 15) is 0 Å². The average Bonchev–Trinajstić information content (AvgIpc) is 3.76. The molecule has 7 aromatic carbocycles. The van der Waals surface area contributed by atoms with Gasteiger partial charge in [-0.1, -0.05) is 129 Å². The summed E-state index contributed by atoms with van der Waals surface area (Å²) in [5, 5.41) is 2.44. The third-order valence-corrected chi connectivity index (χ3v) is 12.5. The van der Waals surface area contributed by atoms with Crippen LogP contribution >= 0.6 is 0 Å². The lowest BCUT2D eigenvalue weighted by molar-refractivity contribution is 0.479. The number of aromatic nitrogens is 1. The molecule has 1 aromatic heterocycles. The first-order valence-electron chi connectivity index (χ1n) is 21.8. The Bertz CT molecular complexity index is 2940. The van der Waals surface area contributed by atoms with Crippen molar-refractivity contribution in [2.45, 2.75) is 92.4 Å². The first-order chi connectivity index (χ1) is 28.9. The molecule has 9 rings (SSSR count). The molecule has 4 nitrogen and oxygen atoms in total. The van der Waals surface area contributed by atoms with Crippen molar-refractivity contribution in [1.82, 2.24) is 4.57 Å². The van der Waals surface area contributed by atoms with Crippen molar-refractivity contribution in [2.75, 3.05) is 16.5 Å². The van der Waals surface area contributed by atoms with Crippen molar-refractivity contribution < 1.29 is 4.74 Å². The van der Waals surface area contributed by atoms with Crippen molar-refractivity contribution in [3.05, 3.63) is 173 Å². The topological polar surface area (TPSA) is 20.6 Å². The van der Waals surface area contributed by atoms with Crippen molar-refractivity contribution in [3.8, 4) is 28.3 Å². The lowest BCUT2D eigenvalue weighted by atomic mass is 9.82. The van der Waals surface area contributed by atoms with Crippen LogP contribution in [-0.2, 0) is 16.2 Å². The van der Waals surface area contributed by atoms with Gasteiger partial charge in [-0.3, -0.25) is 0 Å². The minimum atomic E-state index is -0.103. The van der Waals surface area contributed by atoms with Crippen molar-refractivity contribution in [2.24, 2.45) is 0 Å². The predicted molar refractivity (Wildman–Crippen MR) is 260 cm³/mol. The second-order valence-electron chi connectivity index (χ2n) is 20.2. The molecule has 0 N–H and O–H groups in total. The number of anilines is 4. The lowest BCUT2D eigenvalue weighted by Gasteiger charge is -2.26. The number of aryl methyl sites for hydroxylation is 2. The molecule has 0 saturated heterocycles. The van der Waals surface area contributed by atoms with E-state index in [1.54, 1.807) is 0 Å². The molecular weight excluding hydrogens is 743 g/mol. The highest BCUT2D eigenvalue weighted by Crippen LogP contribution is 2.47. The fraction of sp³-hybridized carbons (Fsp3) is 0.263. The van der Waals surface area contributed by atoms with Crippen LogP contribution in [0.25, 0.3) is 38.6 Å². The van der Waals surface area contributed by atoms with E-state index in [-0.39, 0.29) is 16.2 Å². The van der Waals surface area contributed by atoms with Gasteiger partial charge in [-0.05, 0) is 136 Å². The molecule has 0 saturated carbocycles. The summed E-state index contributed by atoms with van der Waals surface area (Å²) >= 11 is 0. The zero-order valence-corrected chi connectivity index (χ0v) is 37.8. The Morgan fingerprint density at radius 1 is 0.426 bits per heavy atom. The van der Waals surface area contributed by atoms with Crippen molar-refractivity contribution in [1.29, 1.82) is 0 Å². The van der Waals surface area contributed by atoms with E-state index in [2.05, 4.69) is 236 Å². The smallest absolute Gasteiger partial charge is 0.129 e. The van der Waals surface area contributed by atoms with E-state index in [4.69, 9.17) is 4.74 Å². The molecule has 1 aliphatic rings. The minimum absolute atomic E-state index is 0.0346. The molecule has 4 heteroatoms. The molecule has 0 atom stereocenters. The fourth-order valence-electron chi connectivity index (χ4n) is 9.11. The van der Waals surface area contributed by atoms with Gasteiger partial charge in [0.05, 0.1) is 22.4 Å². The van der Waals surface area contributed by atoms with Gasteiger partial charge < -0.3 is 19.1 Å². The van der Waals surface area contributed by atoms with Crippen LogP contribution in [0.15, 0.2) is 146 Å². The summed E-state index contributed by atoms with van der Waals surface area (Å²) in [7, 11) is 0. The Kier molecular flexibility index (Phi) is 9.70.